The van der Waals surface area contributed by atoms with E-state index in [9.17, 15) is 14.4 Å². The molecule has 0 radical (unpaired) electrons. The molecule has 2 amide bonds. The molecule has 0 saturated carbocycles. The molecule has 0 aliphatic carbocycles. The van der Waals surface area contributed by atoms with Crippen LogP contribution >= 0.6 is 0 Å². The molecule has 28 heavy (non-hydrogen) atoms. The highest BCUT2D eigenvalue weighted by Crippen LogP contribution is 2.53. The summed E-state index contributed by atoms with van der Waals surface area (Å²) in [4.78, 5) is 42.4. The Morgan fingerprint density at radius 2 is 1.61 bits per heavy atom. The van der Waals surface area contributed by atoms with E-state index in [4.69, 9.17) is 4.74 Å². The number of para-hydroxylation sites is 1. The first kappa shape index (κ1) is 16.7. The highest BCUT2D eigenvalue weighted by Gasteiger charge is 2.65. The van der Waals surface area contributed by atoms with Gasteiger partial charge in [-0.1, -0.05) is 42.5 Å². The number of imide groups is 1. The summed E-state index contributed by atoms with van der Waals surface area (Å²) in [5, 5.41) is 0. The molecule has 0 bridgehead atoms. The maximum absolute atomic E-state index is 13.4. The van der Waals surface area contributed by atoms with Gasteiger partial charge in [0, 0.05) is 6.20 Å². The van der Waals surface area contributed by atoms with Crippen LogP contribution < -0.4 is 4.90 Å². The molecule has 2 aromatic rings. The number of esters is 1. The highest BCUT2D eigenvalue weighted by atomic mass is 16.5. The minimum absolute atomic E-state index is 0.271. The fraction of sp³-hybridized carbons (Fsp3) is 0.227. The van der Waals surface area contributed by atoms with E-state index in [-0.39, 0.29) is 17.9 Å². The number of benzene rings is 2. The molecular weight excluding hydrogens is 356 g/mol. The first-order valence-corrected chi connectivity index (χ1v) is 9.18. The second kappa shape index (κ2) is 6.05. The second-order valence-electron chi connectivity index (χ2n) is 7.20. The second-order valence-corrected chi connectivity index (χ2v) is 7.20. The summed E-state index contributed by atoms with van der Waals surface area (Å²) in [7, 11) is 1.31. The molecule has 6 heteroatoms. The van der Waals surface area contributed by atoms with Crippen LogP contribution in [0.15, 0.2) is 60.8 Å². The third-order valence-electron chi connectivity index (χ3n) is 5.92. The maximum Gasteiger partial charge on any atom is 0.329 e. The summed E-state index contributed by atoms with van der Waals surface area (Å²) in [6, 6.07) is 15.4. The summed E-state index contributed by atoms with van der Waals surface area (Å²) in [5.74, 6) is -2.54. The Kier molecular flexibility index (Phi) is 3.62. The zero-order valence-electron chi connectivity index (χ0n) is 15.2. The fourth-order valence-electron chi connectivity index (χ4n) is 4.78. The van der Waals surface area contributed by atoms with E-state index < -0.39 is 23.8 Å². The van der Waals surface area contributed by atoms with E-state index in [0.717, 1.165) is 11.1 Å². The van der Waals surface area contributed by atoms with Gasteiger partial charge in [0.25, 0.3) is 0 Å². The number of hydrogen-bond acceptors (Lipinski definition) is 5. The third-order valence-corrected chi connectivity index (χ3v) is 5.92. The van der Waals surface area contributed by atoms with E-state index in [2.05, 4.69) is 0 Å². The van der Waals surface area contributed by atoms with Crippen molar-refractivity contribution >= 4 is 29.5 Å². The van der Waals surface area contributed by atoms with E-state index in [1.165, 1.54) is 12.0 Å². The molecule has 2 aromatic carbocycles. The Labute approximate surface area is 162 Å². The lowest BCUT2D eigenvalue weighted by Crippen LogP contribution is -2.44. The summed E-state index contributed by atoms with van der Waals surface area (Å²) in [6.07, 6.45) is 3.72. The summed E-state index contributed by atoms with van der Waals surface area (Å²) in [5.41, 5.74) is 2.47. The van der Waals surface area contributed by atoms with Crippen molar-refractivity contribution < 1.29 is 19.1 Å². The van der Waals surface area contributed by atoms with Crippen molar-refractivity contribution in [3.8, 4) is 0 Å². The van der Waals surface area contributed by atoms with Gasteiger partial charge >= 0.3 is 5.97 Å². The number of carbonyl (C=O) groups excluding carboxylic acids is 3. The molecule has 0 spiro atoms. The monoisotopic (exact) mass is 374 g/mol. The summed E-state index contributed by atoms with van der Waals surface area (Å²) < 4.78 is 5.01. The van der Waals surface area contributed by atoms with Crippen LogP contribution in [0.4, 0.5) is 5.69 Å². The van der Waals surface area contributed by atoms with E-state index in [0.29, 0.717) is 5.69 Å². The number of ether oxygens (including phenoxy) is 1. The van der Waals surface area contributed by atoms with Crippen molar-refractivity contribution in [2.24, 2.45) is 11.8 Å². The first-order valence-electron chi connectivity index (χ1n) is 9.18. The molecule has 0 unspecified atom stereocenters. The van der Waals surface area contributed by atoms with Gasteiger partial charge in [-0.05, 0) is 29.3 Å². The van der Waals surface area contributed by atoms with Gasteiger partial charge in [-0.15, -0.1) is 0 Å². The lowest BCUT2D eigenvalue weighted by atomic mass is 9.84. The molecule has 0 N–H and O–H groups in total. The lowest BCUT2D eigenvalue weighted by Gasteiger charge is -2.34. The zero-order chi connectivity index (χ0) is 19.4. The van der Waals surface area contributed by atoms with Crippen molar-refractivity contribution in [1.82, 2.24) is 4.90 Å². The van der Waals surface area contributed by atoms with Gasteiger partial charge in [-0.25, -0.2) is 9.69 Å². The number of carbonyl (C=O) groups is 3. The van der Waals surface area contributed by atoms with Crippen molar-refractivity contribution in [3.05, 3.63) is 71.9 Å². The van der Waals surface area contributed by atoms with Crippen LogP contribution in [0.2, 0.25) is 0 Å². The molecule has 3 aliphatic rings. The SMILES string of the molecule is COC(=O)[C@H]1[C@@H]2C(=O)N(c3ccccc3)C(=O)[C@@H]2[C@H]2c3ccccc3C=CN21. The van der Waals surface area contributed by atoms with E-state index >= 15 is 0 Å². The van der Waals surface area contributed by atoms with E-state index in [1.807, 2.05) is 41.3 Å². The van der Waals surface area contributed by atoms with Crippen LogP contribution in [0, 0.1) is 11.8 Å². The van der Waals surface area contributed by atoms with Crippen molar-refractivity contribution in [2.75, 3.05) is 12.0 Å². The van der Waals surface area contributed by atoms with Crippen molar-refractivity contribution in [2.45, 2.75) is 12.1 Å². The van der Waals surface area contributed by atoms with Gasteiger partial charge in [0.15, 0.2) is 0 Å². The Hall–Kier alpha value is -3.41. The Morgan fingerprint density at radius 1 is 0.929 bits per heavy atom. The summed E-state index contributed by atoms with van der Waals surface area (Å²) in [6.45, 7) is 0. The first-order chi connectivity index (χ1) is 13.6. The van der Waals surface area contributed by atoms with Crippen molar-refractivity contribution in [3.63, 3.8) is 0 Å². The largest absolute Gasteiger partial charge is 0.467 e. The average Bonchev–Trinajstić information content (AvgIpc) is 3.21. The van der Waals surface area contributed by atoms with Crippen LogP contribution in [-0.4, -0.2) is 35.8 Å². The third kappa shape index (κ3) is 2.11. The summed E-state index contributed by atoms with van der Waals surface area (Å²) >= 11 is 0. The maximum atomic E-state index is 13.4. The van der Waals surface area contributed by atoms with Gasteiger partial charge in [0.05, 0.1) is 30.7 Å². The predicted molar refractivity (Wildman–Crippen MR) is 102 cm³/mol. The van der Waals surface area contributed by atoms with Crippen LogP contribution in [0.5, 0.6) is 0 Å². The minimum Gasteiger partial charge on any atom is -0.467 e. The number of anilines is 1. The number of hydrogen-bond donors (Lipinski definition) is 0. The fourth-order valence-corrected chi connectivity index (χ4v) is 4.78. The molecule has 6 nitrogen and oxygen atoms in total. The highest BCUT2D eigenvalue weighted by molar-refractivity contribution is 6.23. The number of fused-ring (bicyclic) bond motifs is 5. The van der Waals surface area contributed by atoms with Crippen LogP contribution in [0.3, 0.4) is 0 Å². The minimum atomic E-state index is -0.824. The van der Waals surface area contributed by atoms with Crippen LogP contribution in [0.1, 0.15) is 17.2 Å². The predicted octanol–water partition coefficient (Wildman–Crippen LogP) is 2.38. The topological polar surface area (TPSA) is 66.9 Å². The molecule has 140 valence electrons. The Morgan fingerprint density at radius 3 is 2.36 bits per heavy atom. The molecule has 3 heterocycles. The molecule has 5 rings (SSSR count). The normalized spacial score (nSPS) is 27.5. The van der Waals surface area contributed by atoms with Gasteiger partial charge in [-0.2, -0.15) is 0 Å². The molecule has 4 atom stereocenters. The number of rotatable bonds is 2. The molecule has 3 aliphatic heterocycles. The number of nitrogens with zero attached hydrogens (tertiary/aromatic N) is 2. The van der Waals surface area contributed by atoms with E-state index in [1.54, 1.807) is 30.5 Å². The Balaban J connectivity index is 1.66. The molecule has 0 aromatic heterocycles. The van der Waals surface area contributed by atoms with Gasteiger partial charge in [0.1, 0.15) is 6.04 Å². The average molecular weight is 374 g/mol. The molecular formula is C22H18N2O4. The Bertz CT molecular complexity index is 1020. The number of amides is 2. The standard InChI is InChI=1S/C22H18N2O4/c1-28-22(27)19-17-16(18-15-10-6-5-7-13(15)11-12-23(18)19)20(25)24(21(17)26)14-8-3-2-4-9-14/h2-12,16-19H,1H3/t16-,17+,18+,19+/m0/s1. The molecule has 2 saturated heterocycles. The van der Waals surface area contributed by atoms with Crippen LogP contribution in [0.25, 0.3) is 6.08 Å². The quantitative estimate of drug-likeness (QED) is 0.596. The zero-order valence-corrected chi connectivity index (χ0v) is 15.2. The molecule has 2 fully saturated rings. The lowest BCUT2D eigenvalue weighted by molar-refractivity contribution is -0.148. The van der Waals surface area contributed by atoms with Crippen molar-refractivity contribution in [1.29, 1.82) is 0 Å². The van der Waals surface area contributed by atoms with Gasteiger partial charge in [0.2, 0.25) is 11.8 Å². The van der Waals surface area contributed by atoms with Gasteiger partial charge in [-0.3, -0.25) is 9.59 Å². The van der Waals surface area contributed by atoms with Crippen LogP contribution in [-0.2, 0) is 19.1 Å². The van der Waals surface area contributed by atoms with Gasteiger partial charge < -0.3 is 9.64 Å². The smallest absolute Gasteiger partial charge is 0.329 e. The number of methoxy groups -OCH3 is 1.